The summed E-state index contributed by atoms with van der Waals surface area (Å²) in [6.07, 6.45) is 3.72. The van der Waals surface area contributed by atoms with Gasteiger partial charge >= 0.3 is 0 Å². The number of hydrogen-bond donors (Lipinski definition) is 1. The second-order valence-corrected chi connectivity index (χ2v) is 7.58. The first-order valence-electron chi connectivity index (χ1n) is 7.72. The fraction of sp³-hybridized carbons (Fsp3) is 0.467. The molecule has 2 aromatic rings. The Bertz CT molecular complexity index is 672. The molecule has 0 radical (unpaired) electrons. The van der Waals surface area contributed by atoms with Crippen molar-refractivity contribution in [3.05, 3.63) is 23.9 Å². The fourth-order valence-electron chi connectivity index (χ4n) is 2.17. The number of ether oxygens (including phenoxy) is 2. The van der Waals surface area contributed by atoms with Crippen molar-refractivity contribution < 1.29 is 14.3 Å². The van der Waals surface area contributed by atoms with Crippen LogP contribution in [0.25, 0.3) is 0 Å². The Kier molecular flexibility index (Phi) is 6.00. The van der Waals surface area contributed by atoms with Gasteiger partial charge in [-0.2, -0.15) is 0 Å². The van der Waals surface area contributed by atoms with Gasteiger partial charge in [0.2, 0.25) is 11.0 Å². The van der Waals surface area contributed by atoms with E-state index in [0.29, 0.717) is 23.2 Å². The monoisotopic (exact) mass is 366 g/mol. The summed E-state index contributed by atoms with van der Waals surface area (Å²) in [5.74, 6) is 1.14. The van der Waals surface area contributed by atoms with Gasteiger partial charge in [-0.15, -0.1) is 10.2 Å². The Morgan fingerprint density at radius 3 is 3.12 bits per heavy atom. The van der Waals surface area contributed by atoms with E-state index < -0.39 is 0 Å². The molecular weight excluding hydrogens is 348 g/mol. The highest BCUT2D eigenvalue weighted by molar-refractivity contribution is 8.01. The average molecular weight is 366 g/mol. The molecule has 128 valence electrons. The van der Waals surface area contributed by atoms with Crippen LogP contribution in [-0.4, -0.2) is 46.2 Å². The average Bonchev–Trinajstić information content (AvgIpc) is 3.26. The van der Waals surface area contributed by atoms with Crippen LogP contribution in [0.15, 0.2) is 22.7 Å². The van der Waals surface area contributed by atoms with E-state index in [1.54, 1.807) is 23.9 Å². The lowest BCUT2D eigenvalue weighted by Gasteiger charge is -2.10. The summed E-state index contributed by atoms with van der Waals surface area (Å²) in [7, 11) is 0. The number of thioether (sulfide) groups is 1. The molecule has 3 rings (SSSR count). The van der Waals surface area contributed by atoms with Gasteiger partial charge in [0, 0.05) is 18.9 Å². The molecule has 1 amide bonds. The van der Waals surface area contributed by atoms with Gasteiger partial charge in [0.05, 0.1) is 11.7 Å². The molecule has 0 saturated carbocycles. The van der Waals surface area contributed by atoms with E-state index in [1.165, 1.54) is 17.5 Å². The summed E-state index contributed by atoms with van der Waals surface area (Å²) in [5.41, 5.74) is 0.444. The Morgan fingerprint density at radius 1 is 1.50 bits per heavy atom. The van der Waals surface area contributed by atoms with E-state index in [9.17, 15) is 4.79 Å². The first kappa shape index (κ1) is 17.1. The third-order valence-electron chi connectivity index (χ3n) is 3.33. The Balaban J connectivity index is 1.52. The fourth-order valence-corrected chi connectivity index (χ4v) is 3.81. The van der Waals surface area contributed by atoms with Gasteiger partial charge in [-0.1, -0.05) is 30.0 Å². The zero-order valence-electron chi connectivity index (χ0n) is 13.2. The minimum atomic E-state index is -0.266. The van der Waals surface area contributed by atoms with E-state index in [2.05, 4.69) is 20.5 Å². The number of pyridine rings is 1. The number of amides is 1. The standard InChI is InChI=1S/C15H18N4O3S2/c1-2-23-15-19-18-14(24-15)17-13(20)10-5-6-12(16-8-10)22-9-11-4-3-7-21-11/h5-6,8,11H,2-4,7,9H2,1H3,(H,17,18,20). The van der Waals surface area contributed by atoms with Crippen molar-refractivity contribution in [1.29, 1.82) is 0 Å². The second kappa shape index (κ2) is 8.41. The maximum atomic E-state index is 12.2. The molecule has 1 aliphatic rings. The zero-order chi connectivity index (χ0) is 16.8. The molecule has 24 heavy (non-hydrogen) atoms. The number of anilines is 1. The molecule has 1 atom stereocenters. The van der Waals surface area contributed by atoms with Crippen LogP contribution in [0.1, 0.15) is 30.1 Å². The summed E-state index contributed by atoms with van der Waals surface area (Å²) in [6, 6.07) is 3.36. The molecule has 3 heterocycles. The van der Waals surface area contributed by atoms with Gasteiger partial charge in [0.15, 0.2) is 4.34 Å². The minimum Gasteiger partial charge on any atom is -0.475 e. The van der Waals surface area contributed by atoms with Gasteiger partial charge in [0.25, 0.3) is 5.91 Å². The lowest BCUT2D eigenvalue weighted by atomic mass is 10.2. The maximum Gasteiger partial charge on any atom is 0.259 e. The highest BCUT2D eigenvalue weighted by Gasteiger charge is 2.16. The summed E-state index contributed by atoms with van der Waals surface area (Å²) >= 11 is 2.95. The molecule has 0 bridgehead atoms. The summed E-state index contributed by atoms with van der Waals surface area (Å²) in [6.45, 7) is 3.32. The molecule has 1 saturated heterocycles. The SMILES string of the molecule is CCSc1nnc(NC(=O)c2ccc(OCC3CCCO3)nc2)s1. The van der Waals surface area contributed by atoms with E-state index >= 15 is 0 Å². The highest BCUT2D eigenvalue weighted by atomic mass is 32.2. The Morgan fingerprint density at radius 2 is 2.42 bits per heavy atom. The first-order chi connectivity index (χ1) is 11.7. The third-order valence-corrected chi connectivity index (χ3v) is 5.19. The van der Waals surface area contributed by atoms with Crippen LogP contribution in [0.5, 0.6) is 5.88 Å². The second-order valence-electron chi connectivity index (χ2n) is 5.09. The molecule has 1 N–H and O–H groups in total. The molecule has 7 nitrogen and oxygen atoms in total. The minimum absolute atomic E-state index is 0.141. The predicted octanol–water partition coefficient (Wildman–Crippen LogP) is 2.86. The number of carbonyl (C=O) groups excluding carboxylic acids is 1. The van der Waals surface area contributed by atoms with E-state index in [1.807, 2.05) is 6.92 Å². The summed E-state index contributed by atoms with van der Waals surface area (Å²) in [5, 5.41) is 11.2. The maximum absolute atomic E-state index is 12.2. The number of aromatic nitrogens is 3. The normalized spacial score (nSPS) is 17.0. The van der Waals surface area contributed by atoms with E-state index in [0.717, 1.165) is 29.5 Å². The van der Waals surface area contributed by atoms with Crippen molar-refractivity contribution in [1.82, 2.24) is 15.2 Å². The molecular formula is C15H18N4O3S2. The van der Waals surface area contributed by atoms with Crippen molar-refractivity contribution in [2.45, 2.75) is 30.2 Å². The third kappa shape index (κ3) is 4.65. The van der Waals surface area contributed by atoms with Gasteiger partial charge in [-0.25, -0.2) is 4.98 Å². The molecule has 9 heteroatoms. The van der Waals surface area contributed by atoms with Crippen molar-refractivity contribution >= 4 is 34.1 Å². The molecule has 1 aliphatic heterocycles. The molecule has 0 spiro atoms. The van der Waals surface area contributed by atoms with Gasteiger partial charge in [0.1, 0.15) is 6.61 Å². The van der Waals surface area contributed by atoms with Crippen molar-refractivity contribution in [2.75, 3.05) is 24.3 Å². The van der Waals surface area contributed by atoms with Crippen molar-refractivity contribution in [2.24, 2.45) is 0 Å². The Hall–Kier alpha value is -1.71. The molecule has 1 unspecified atom stereocenters. The van der Waals surface area contributed by atoms with Crippen molar-refractivity contribution in [3.63, 3.8) is 0 Å². The zero-order valence-corrected chi connectivity index (χ0v) is 14.9. The molecule has 0 aliphatic carbocycles. The van der Waals surface area contributed by atoms with Gasteiger partial charge in [-0.3, -0.25) is 10.1 Å². The number of nitrogens with zero attached hydrogens (tertiary/aromatic N) is 3. The number of carbonyl (C=O) groups is 1. The number of nitrogens with one attached hydrogen (secondary N) is 1. The smallest absolute Gasteiger partial charge is 0.259 e. The quantitative estimate of drug-likeness (QED) is 0.595. The van der Waals surface area contributed by atoms with Crippen LogP contribution in [0.2, 0.25) is 0 Å². The molecule has 2 aromatic heterocycles. The van der Waals surface area contributed by atoms with Crippen LogP contribution in [0.4, 0.5) is 5.13 Å². The van der Waals surface area contributed by atoms with E-state index in [-0.39, 0.29) is 12.0 Å². The lowest BCUT2D eigenvalue weighted by Crippen LogP contribution is -2.17. The number of hydrogen-bond acceptors (Lipinski definition) is 8. The van der Waals surface area contributed by atoms with Crippen LogP contribution in [0, 0.1) is 0 Å². The van der Waals surface area contributed by atoms with Crippen LogP contribution in [-0.2, 0) is 4.74 Å². The molecule has 0 aromatic carbocycles. The van der Waals surface area contributed by atoms with Crippen LogP contribution in [0.3, 0.4) is 0 Å². The number of rotatable bonds is 7. The molecule has 1 fully saturated rings. The largest absolute Gasteiger partial charge is 0.475 e. The topological polar surface area (TPSA) is 86.2 Å². The van der Waals surface area contributed by atoms with Crippen LogP contribution >= 0.6 is 23.1 Å². The van der Waals surface area contributed by atoms with Crippen LogP contribution < -0.4 is 10.1 Å². The highest BCUT2D eigenvalue weighted by Crippen LogP contribution is 2.25. The van der Waals surface area contributed by atoms with Crippen molar-refractivity contribution in [3.8, 4) is 5.88 Å². The van der Waals surface area contributed by atoms with Gasteiger partial charge in [-0.05, 0) is 24.7 Å². The summed E-state index contributed by atoms with van der Waals surface area (Å²) in [4.78, 5) is 16.3. The summed E-state index contributed by atoms with van der Waals surface area (Å²) < 4.78 is 11.9. The van der Waals surface area contributed by atoms with E-state index in [4.69, 9.17) is 9.47 Å². The Labute approximate surface area is 148 Å². The lowest BCUT2D eigenvalue weighted by molar-refractivity contribution is 0.0663. The predicted molar refractivity (Wildman–Crippen MR) is 93.0 cm³/mol. The van der Waals surface area contributed by atoms with Gasteiger partial charge < -0.3 is 9.47 Å². The first-order valence-corrected chi connectivity index (χ1v) is 9.53.